The number of carbonyl (C=O) groups excluding carboxylic acids is 1. The lowest BCUT2D eigenvalue weighted by atomic mass is 9.93. The molecule has 1 aliphatic rings. The number of piperidine rings is 1. The molecule has 1 fully saturated rings. The normalized spacial score (nSPS) is 23.4. The van der Waals surface area contributed by atoms with Crippen molar-refractivity contribution in [2.24, 2.45) is 5.92 Å². The molecule has 1 saturated heterocycles. The van der Waals surface area contributed by atoms with Crippen LogP contribution in [0.3, 0.4) is 0 Å². The van der Waals surface area contributed by atoms with Crippen LogP contribution >= 0.6 is 11.3 Å². The quantitative estimate of drug-likeness (QED) is 0.796. The topological polar surface area (TPSA) is 42.4 Å². The Morgan fingerprint density at radius 2 is 2.37 bits per heavy atom. The van der Waals surface area contributed by atoms with Crippen LogP contribution < -0.4 is 4.90 Å². The summed E-state index contributed by atoms with van der Waals surface area (Å²) in [4.78, 5) is 18.4. The van der Waals surface area contributed by atoms with Gasteiger partial charge in [0.05, 0.1) is 18.7 Å². The number of hydrogen-bond acceptors (Lipinski definition) is 5. The number of aromatic nitrogens is 1. The molecule has 0 saturated carbocycles. The second kappa shape index (κ2) is 6.37. The first-order valence-electron chi connectivity index (χ1n) is 6.98. The summed E-state index contributed by atoms with van der Waals surface area (Å²) >= 11 is 1.63. The van der Waals surface area contributed by atoms with Crippen molar-refractivity contribution in [3.63, 3.8) is 0 Å². The van der Waals surface area contributed by atoms with Crippen LogP contribution in [0.25, 0.3) is 0 Å². The third-order valence-corrected chi connectivity index (χ3v) is 4.72. The molecule has 0 radical (unpaired) electrons. The van der Waals surface area contributed by atoms with E-state index in [1.165, 1.54) is 12.8 Å². The summed E-state index contributed by atoms with van der Waals surface area (Å²) in [5.41, 5.74) is 0.823. The summed E-state index contributed by atoms with van der Waals surface area (Å²) in [6, 6.07) is 0.523. The zero-order chi connectivity index (χ0) is 13.8. The molecule has 0 aliphatic carbocycles. The average Bonchev–Trinajstić information content (AvgIpc) is 2.81. The Bertz CT molecular complexity index is 433. The van der Waals surface area contributed by atoms with Gasteiger partial charge in [0.1, 0.15) is 0 Å². The molecule has 5 heteroatoms. The number of nitrogens with zero attached hydrogens (tertiary/aromatic N) is 2. The lowest BCUT2D eigenvalue weighted by molar-refractivity contribution is -0.142. The summed E-state index contributed by atoms with van der Waals surface area (Å²) in [6.07, 6.45) is 2.79. The van der Waals surface area contributed by atoms with Crippen LogP contribution in [0, 0.1) is 5.92 Å². The molecule has 0 amide bonds. The van der Waals surface area contributed by atoms with E-state index in [1.54, 1.807) is 11.3 Å². The maximum Gasteiger partial charge on any atom is 0.311 e. The standard InChI is InChI=1S/C14H22N2O2S/c1-4-18-13(17)8-12-9-19-14(15-12)16-7-5-6-10(2)11(16)3/h9-11H,4-8H2,1-3H3. The molecule has 1 aromatic rings. The van der Waals surface area contributed by atoms with Crippen molar-refractivity contribution in [1.29, 1.82) is 0 Å². The third-order valence-electron chi connectivity index (χ3n) is 3.79. The zero-order valence-electron chi connectivity index (χ0n) is 11.9. The van der Waals surface area contributed by atoms with Gasteiger partial charge in [0.25, 0.3) is 0 Å². The van der Waals surface area contributed by atoms with Crippen LogP contribution in [0.15, 0.2) is 5.38 Å². The third kappa shape index (κ3) is 3.47. The van der Waals surface area contributed by atoms with Gasteiger partial charge < -0.3 is 9.64 Å². The van der Waals surface area contributed by atoms with Gasteiger partial charge in [-0.1, -0.05) is 6.92 Å². The Labute approximate surface area is 118 Å². The zero-order valence-corrected chi connectivity index (χ0v) is 12.7. The second-order valence-electron chi connectivity index (χ2n) is 5.16. The van der Waals surface area contributed by atoms with Crippen molar-refractivity contribution in [2.75, 3.05) is 18.1 Å². The molecule has 2 atom stereocenters. The summed E-state index contributed by atoms with van der Waals surface area (Å²) in [7, 11) is 0. The highest BCUT2D eigenvalue weighted by Crippen LogP contribution is 2.30. The van der Waals surface area contributed by atoms with E-state index < -0.39 is 0 Å². The number of rotatable bonds is 4. The van der Waals surface area contributed by atoms with Crippen LogP contribution in [-0.4, -0.2) is 30.1 Å². The molecule has 4 nitrogen and oxygen atoms in total. The predicted molar refractivity (Wildman–Crippen MR) is 77.7 cm³/mol. The van der Waals surface area contributed by atoms with E-state index in [0.717, 1.165) is 17.4 Å². The number of carbonyl (C=O) groups is 1. The molecule has 2 unspecified atom stereocenters. The van der Waals surface area contributed by atoms with E-state index >= 15 is 0 Å². The lowest BCUT2D eigenvalue weighted by Gasteiger charge is -2.37. The van der Waals surface area contributed by atoms with Crippen molar-refractivity contribution < 1.29 is 9.53 Å². The summed E-state index contributed by atoms with van der Waals surface area (Å²) in [5, 5.41) is 3.01. The number of anilines is 1. The van der Waals surface area contributed by atoms with Crippen molar-refractivity contribution in [3.8, 4) is 0 Å². The van der Waals surface area contributed by atoms with Gasteiger partial charge in [0, 0.05) is 18.0 Å². The maximum atomic E-state index is 11.4. The number of thiazole rings is 1. The highest BCUT2D eigenvalue weighted by molar-refractivity contribution is 7.13. The average molecular weight is 282 g/mol. The highest BCUT2D eigenvalue weighted by atomic mass is 32.1. The highest BCUT2D eigenvalue weighted by Gasteiger charge is 2.26. The molecule has 19 heavy (non-hydrogen) atoms. The van der Waals surface area contributed by atoms with E-state index in [4.69, 9.17) is 4.74 Å². The molecule has 0 aromatic carbocycles. The van der Waals surface area contributed by atoms with Crippen molar-refractivity contribution in [2.45, 2.75) is 46.1 Å². The van der Waals surface area contributed by atoms with Gasteiger partial charge in [-0.15, -0.1) is 11.3 Å². The number of ether oxygens (including phenoxy) is 1. The Morgan fingerprint density at radius 3 is 3.11 bits per heavy atom. The minimum atomic E-state index is -0.195. The first kappa shape index (κ1) is 14.3. The lowest BCUT2D eigenvalue weighted by Crippen LogP contribution is -2.42. The Morgan fingerprint density at radius 1 is 1.58 bits per heavy atom. The van der Waals surface area contributed by atoms with Gasteiger partial charge in [-0.2, -0.15) is 0 Å². The monoisotopic (exact) mass is 282 g/mol. The van der Waals surface area contributed by atoms with Gasteiger partial charge in [-0.05, 0) is 32.6 Å². The molecule has 1 aliphatic heterocycles. The van der Waals surface area contributed by atoms with E-state index in [1.807, 2.05) is 12.3 Å². The second-order valence-corrected chi connectivity index (χ2v) is 5.99. The summed E-state index contributed by atoms with van der Waals surface area (Å²) < 4.78 is 4.95. The molecule has 1 aromatic heterocycles. The SMILES string of the molecule is CCOC(=O)Cc1csc(N2CCCC(C)C2C)n1. The fraction of sp³-hybridized carbons (Fsp3) is 0.714. The smallest absolute Gasteiger partial charge is 0.311 e. The summed E-state index contributed by atoms with van der Waals surface area (Å²) in [5.74, 6) is 0.505. The molecule has 0 N–H and O–H groups in total. The van der Waals surface area contributed by atoms with Gasteiger partial charge in [0.2, 0.25) is 0 Å². The van der Waals surface area contributed by atoms with Crippen molar-refractivity contribution in [3.05, 3.63) is 11.1 Å². The number of esters is 1. The Kier molecular flexibility index (Phi) is 4.80. The predicted octanol–water partition coefficient (Wildman–Crippen LogP) is 2.87. The minimum Gasteiger partial charge on any atom is -0.466 e. The maximum absolute atomic E-state index is 11.4. The van der Waals surface area contributed by atoms with Crippen LogP contribution in [0.2, 0.25) is 0 Å². The van der Waals surface area contributed by atoms with Gasteiger partial charge in [-0.3, -0.25) is 4.79 Å². The molecule has 2 heterocycles. The first-order chi connectivity index (χ1) is 9.11. The van der Waals surface area contributed by atoms with E-state index in [9.17, 15) is 4.79 Å². The molecule has 106 valence electrons. The Hall–Kier alpha value is -1.10. The van der Waals surface area contributed by atoms with Gasteiger partial charge in [-0.25, -0.2) is 4.98 Å². The minimum absolute atomic E-state index is 0.195. The number of hydrogen-bond donors (Lipinski definition) is 0. The molecule has 0 bridgehead atoms. The van der Waals surface area contributed by atoms with Crippen molar-refractivity contribution >= 4 is 22.4 Å². The van der Waals surface area contributed by atoms with Crippen LogP contribution in [0.4, 0.5) is 5.13 Å². The van der Waals surface area contributed by atoms with Crippen LogP contribution in [0.5, 0.6) is 0 Å². The van der Waals surface area contributed by atoms with Gasteiger partial charge >= 0.3 is 5.97 Å². The Balaban J connectivity index is 2.02. The fourth-order valence-electron chi connectivity index (χ4n) is 2.47. The molecule has 0 spiro atoms. The molecule has 2 rings (SSSR count). The molecular formula is C14H22N2O2S. The van der Waals surface area contributed by atoms with Crippen LogP contribution in [0.1, 0.15) is 39.3 Å². The first-order valence-corrected chi connectivity index (χ1v) is 7.86. The van der Waals surface area contributed by atoms with Crippen LogP contribution in [-0.2, 0) is 16.0 Å². The van der Waals surface area contributed by atoms with Gasteiger partial charge in [0.15, 0.2) is 5.13 Å². The summed E-state index contributed by atoms with van der Waals surface area (Å²) in [6.45, 7) is 7.87. The van der Waals surface area contributed by atoms with Crippen molar-refractivity contribution in [1.82, 2.24) is 4.98 Å². The largest absolute Gasteiger partial charge is 0.466 e. The molecular weight excluding hydrogens is 260 g/mol. The fourth-order valence-corrected chi connectivity index (χ4v) is 3.42. The van der Waals surface area contributed by atoms with E-state index in [2.05, 4.69) is 23.7 Å². The van der Waals surface area contributed by atoms with E-state index in [0.29, 0.717) is 18.6 Å². The van der Waals surface area contributed by atoms with E-state index in [-0.39, 0.29) is 12.4 Å².